The van der Waals surface area contributed by atoms with Crippen LogP contribution in [-0.4, -0.2) is 34.3 Å². The van der Waals surface area contributed by atoms with Gasteiger partial charge in [0, 0.05) is 24.8 Å². The average molecular weight is 403 g/mol. The van der Waals surface area contributed by atoms with Gasteiger partial charge in [0.15, 0.2) is 0 Å². The van der Waals surface area contributed by atoms with Gasteiger partial charge in [-0.1, -0.05) is 43.3 Å². The van der Waals surface area contributed by atoms with Crippen LogP contribution in [0.4, 0.5) is 0 Å². The number of hydrogen-bond donors (Lipinski definition) is 1. The minimum atomic E-state index is 0. The Hall–Kier alpha value is -1.66. The predicted molar refractivity (Wildman–Crippen MR) is 115 cm³/mol. The molecule has 4 nitrogen and oxygen atoms in total. The molecule has 2 N–H and O–H groups in total. The summed E-state index contributed by atoms with van der Waals surface area (Å²) >= 11 is 1.76. The van der Waals surface area contributed by atoms with Crippen molar-refractivity contribution in [2.24, 2.45) is 11.1 Å². The van der Waals surface area contributed by atoms with Crippen molar-refractivity contribution < 1.29 is 0 Å². The molecule has 144 valence electrons. The van der Waals surface area contributed by atoms with Crippen molar-refractivity contribution >= 4 is 23.7 Å². The van der Waals surface area contributed by atoms with Crippen molar-refractivity contribution in [3.63, 3.8) is 0 Å². The van der Waals surface area contributed by atoms with Crippen LogP contribution in [0.5, 0.6) is 0 Å². The van der Waals surface area contributed by atoms with E-state index in [9.17, 15) is 0 Å². The van der Waals surface area contributed by atoms with E-state index in [0.29, 0.717) is 0 Å². The van der Waals surface area contributed by atoms with Gasteiger partial charge in [0.2, 0.25) is 0 Å². The van der Waals surface area contributed by atoms with Crippen LogP contribution in [0.3, 0.4) is 0 Å². The third-order valence-electron chi connectivity index (χ3n) is 5.30. The maximum Gasteiger partial charge on any atom is 0.107 e. The van der Waals surface area contributed by atoms with Gasteiger partial charge in [-0.25, -0.2) is 0 Å². The first-order valence-electron chi connectivity index (χ1n) is 9.22. The second-order valence-corrected chi connectivity index (χ2v) is 8.59. The minimum absolute atomic E-state index is 0. The van der Waals surface area contributed by atoms with Gasteiger partial charge >= 0.3 is 0 Å². The highest BCUT2D eigenvalue weighted by Gasteiger charge is 2.32. The molecule has 27 heavy (non-hydrogen) atoms. The summed E-state index contributed by atoms with van der Waals surface area (Å²) in [6.45, 7) is 6.98. The highest BCUT2D eigenvalue weighted by atomic mass is 35.5. The zero-order chi connectivity index (χ0) is 18.0. The number of nitrogens with zero attached hydrogens (tertiary/aromatic N) is 3. The number of halogens is 1. The third-order valence-corrected chi connectivity index (χ3v) is 6.18. The number of benzene rings is 1. The summed E-state index contributed by atoms with van der Waals surface area (Å²) < 4.78 is 2.08. The second kappa shape index (κ2) is 8.57. The molecule has 1 saturated heterocycles. The van der Waals surface area contributed by atoms with Crippen LogP contribution < -0.4 is 5.73 Å². The van der Waals surface area contributed by atoms with Gasteiger partial charge in [-0.15, -0.1) is 23.7 Å². The van der Waals surface area contributed by atoms with Crippen molar-refractivity contribution in [3.8, 4) is 10.6 Å². The van der Waals surface area contributed by atoms with E-state index < -0.39 is 0 Å². The van der Waals surface area contributed by atoms with E-state index in [4.69, 9.17) is 10.8 Å². The third kappa shape index (κ3) is 4.61. The number of hydrogen-bond acceptors (Lipinski definition) is 4. The molecule has 3 aromatic rings. The molecule has 0 bridgehead atoms. The first-order valence-corrected chi connectivity index (χ1v) is 10.1. The molecule has 4 rings (SSSR count). The van der Waals surface area contributed by atoms with Crippen molar-refractivity contribution in [2.75, 3.05) is 19.6 Å². The summed E-state index contributed by atoms with van der Waals surface area (Å²) in [6, 6.07) is 14.8. The van der Waals surface area contributed by atoms with E-state index in [1.54, 1.807) is 11.3 Å². The molecule has 0 aliphatic carbocycles. The molecular weight excluding hydrogens is 376 g/mol. The van der Waals surface area contributed by atoms with Crippen LogP contribution in [0.15, 0.2) is 54.0 Å². The molecule has 1 aliphatic rings. The molecule has 1 aliphatic heterocycles. The summed E-state index contributed by atoms with van der Waals surface area (Å²) in [4.78, 5) is 3.76. The van der Waals surface area contributed by atoms with Gasteiger partial charge in [-0.3, -0.25) is 9.58 Å². The SMILES string of the molecule is CC1(CN)CCN(Cc2cn(Cc3ccccc3)nc2-c2cccs2)C1.Cl. The Morgan fingerprint density at radius 3 is 2.63 bits per heavy atom. The Labute approximate surface area is 171 Å². The number of aromatic nitrogens is 2. The molecule has 0 radical (unpaired) electrons. The standard InChI is InChI=1S/C21H26N4S.ClH/c1-21(15-22)9-10-24(16-21)13-18-14-25(12-17-6-3-2-4-7-17)23-20(18)19-8-5-11-26-19;/h2-8,11,14H,9-10,12-13,15-16,22H2,1H3;1H. The molecule has 0 saturated carbocycles. The van der Waals surface area contributed by atoms with Crippen LogP contribution in [0.1, 0.15) is 24.5 Å². The molecule has 0 spiro atoms. The lowest BCUT2D eigenvalue weighted by Gasteiger charge is -2.22. The molecule has 1 unspecified atom stereocenters. The Kier molecular flexibility index (Phi) is 6.37. The fourth-order valence-corrected chi connectivity index (χ4v) is 4.46. The van der Waals surface area contributed by atoms with Crippen LogP contribution in [0.2, 0.25) is 0 Å². The van der Waals surface area contributed by atoms with E-state index in [1.165, 1.54) is 22.4 Å². The van der Waals surface area contributed by atoms with E-state index in [-0.39, 0.29) is 17.8 Å². The Balaban J connectivity index is 0.00000210. The number of likely N-dealkylation sites (tertiary alicyclic amines) is 1. The average Bonchev–Trinajstić information content (AvgIpc) is 3.37. The van der Waals surface area contributed by atoms with Gasteiger partial charge < -0.3 is 5.73 Å². The molecule has 6 heteroatoms. The van der Waals surface area contributed by atoms with Crippen LogP contribution in [0, 0.1) is 5.41 Å². The maximum atomic E-state index is 5.98. The summed E-state index contributed by atoms with van der Waals surface area (Å²) in [5.41, 5.74) is 9.94. The zero-order valence-electron chi connectivity index (χ0n) is 15.7. The van der Waals surface area contributed by atoms with Crippen LogP contribution in [-0.2, 0) is 13.1 Å². The van der Waals surface area contributed by atoms with Gasteiger partial charge in [-0.05, 0) is 41.9 Å². The van der Waals surface area contributed by atoms with E-state index in [1.807, 2.05) is 0 Å². The highest BCUT2D eigenvalue weighted by molar-refractivity contribution is 7.13. The largest absolute Gasteiger partial charge is 0.330 e. The lowest BCUT2D eigenvalue weighted by molar-refractivity contribution is 0.274. The van der Waals surface area contributed by atoms with E-state index >= 15 is 0 Å². The van der Waals surface area contributed by atoms with Crippen LogP contribution >= 0.6 is 23.7 Å². The Morgan fingerprint density at radius 1 is 1.15 bits per heavy atom. The number of thiophene rings is 1. The Morgan fingerprint density at radius 2 is 1.96 bits per heavy atom. The summed E-state index contributed by atoms with van der Waals surface area (Å²) in [7, 11) is 0. The summed E-state index contributed by atoms with van der Waals surface area (Å²) in [6.07, 6.45) is 3.40. The minimum Gasteiger partial charge on any atom is -0.330 e. The molecular formula is C21H27ClN4S. The maximum absolute atomic E-state index is 5.98. The summed E-state index contributed by atoms with van der Waals surface area (Å²) in [5.74, 6) is 0. The van der Waals surface area contributed by atoms with E-state index in [0.717, 1.165) is 38.4 Å². The first kappa shape index (κ1) is 20.1. The fraction of sp³-hybridized carbons (Fsp3) is 0.381. The monoisotopic (exact) mass is 402 g/mol. The highest BCUT2D eigenvalue weighted by Crippen LogP contribution is 2.32. The molecule has 2 aromatic heterocycles. The quantitative estimate of drug-likeness (QED) is 0.670. The van der Waals surface area contributed by atoms with Gasteiger partial charge in [0.25, 0.3) is 0 Å². The topological polar surface area (TPSA) is 47.1 Å². The van der Waals surface area contributed by atoms with Crippen LogP contribution in [0.25, 0.3) is 10.6 Å². The molecule has 1 aromatic carbocycles. The predicted octanol–water partition coefficient (Wildman–Crippen LogP) is 4.25. The van der Waals surface area contributed by atoms with Crippen molar-refractivity contribution in [3.05, 3.63) is 65.2 Å². The van der Waals surface area contributed by atoms with Gasteiger partial charge in [0.05, 0.1) is 11.4 Å². The first-order chi connectivity index (χ1) is 12.6. The van der Waals surface area contributed by atoms with Crippen molar-refractivity contribution in [1.29, 1.82) is 0 Å². The fourth-order valence-electron chi connectivity index (χ4n) is 3.72. The summed E-state index contributed by atoms with van der Waals surface area (Å²) in [5, 5.41) is 7.04. The molecule has 1 fully saturated rings. The van der Waals surface area contributed by atoms with Crippen molar-refractivity contribution in [1.82, 2.24) is 14.7 Å². The van der Waals surface area contributed by atoms with Crippen molar-refractivity contribution in [2.45, 2.75) is 26.4 Å². The zero-order valence-corrected chi connectivity index (χ0v) is 17.3. The smallest absolute Gasteiger partial charge is 0.107 e. The van der Waals surface area contributed by atoms with Gasteiger partial charge in [-0.2, -0.15) is 5.10 Å². The van der Waals surface area contributed by atoms with Gasteiger partial charge in [0.1, 0.15) is 5.69 Å². The molecule has 0 amide bonds. The molecule has 3 heterocycles. The lowest BCUT2D eigenvalue weighted by atomic mass is 9.90. The van der Waals surface area contributed by atoms with E-state index in [2.05, 4.69) is 70.5 Å². The second-order valence-electron chi connectivity index (χ2n) is 7.64. The number of nitrogens with two attached hydrogens (primary N) is 1. The Bertz CT molecular complexity index is 846. The normalized spacial score (nSPS) is 19.9. The number of rotatable bonds is 6. The lowest BCUT2D eigenvalue weighted by Crippen LogP contribution is -2.31. The molecule has 1 atom stereocenters.